The molecule has 0 aliphatic heterocycles. The summed E-state index contributed by atoms with van der Waals surface area (Å²) in [5, 5.41) is 2.68. The maximum Gasteiger partial charge on any atom is 0.335 e. The smallest absolute Gasteiger partial charge is 0.335 e. The molecule has 0 bridgehead atoms. The average Bonchev–Trinajstić information content (AvgIpc) is 2.01. The Bertz CT molecular complexity index is 231. The summed E-state index contributed by atoms with van der Waals surface area (Å²) in [4.78, 5) is 24.4. The van der Waals surface area contributed by atoms with Gasteiger partial charge in [0.1, 0.15) is 0 Å². The minimum absolute atomic E-state index is 0.0147. The zero-order valence-electron chi connectivity index (χ0n) is 9.83. The van der Waals surface area contributed by atoms with Crippen molar-refractivity contribution in [1.29, 1.82) is 0 Å². The van der Waals surface area contributed by atoms with Gasteiger partial charge in [-0.2, -0.15) is 0 Å². The average molecular weight is 233 g/mol. The Morgan fingerprint density at radius 2 is 1.67 bits per heavy atom. The van der Waals surface area contributed by atoms with Crippen LogP contribution in [0, 0.1) is 0 Å². The summed E-state index contributed by atoms with van der Waals surface area (Å²) in [5.41, 5.74) is 0. The third-order valence-electron chi connectivity index (χ3n) is 1.56. The quantitative estimate of drug-likeness (QED) is 0.731. The number of rotatable bonds is 3. The fourth-order valence-electron chi connectivity index (χ4n) is 1.01. The summed E-state index contributed by atoms with van der Waals surface area (Å²) in [6.45, 7) is 7.28. The van der Waals surface area contributed by atoms with Crippen molar-refractivity contribution in [3.63, 3.8) is 0 Å². The van der Waals surface area contributed by atoms with E-state index in [1.54, 1.807) is 20.1 Å². The topological polar surface area (TPSA) is 61.4 Å². The molecule has 0 aromatic rings. The highest BCUT2D eigenvalue weighted by Gasteiger charge is 2.24. The van der Waals surface area contributed by atoms with E-state index < -0.39 is 6.03 Å². The van der Waals surface area contributed by atoms with Gasteiger partial charge in [-0.3, -0.25) is 4.72 Å². The minimum atomic E-state index is -0.393. The molecule has 0 heterocycles. The second kappa shape index (κ2) is 6.55. The first-order valence-electron chi connectivity index (χ1n) is 4.82. The van der Waals surface area contributed by atoms with Gasteiger partial charge in [0.05, 0.1) is 0 Å². The molecule has 88 valence electrons. The van der Waals surface area contributed by atoms with Gasteiger partial charge in [0.15, 0.2) is 0 Å². The fraction of sp³-hybridized carbons (Fsp3) is 0.778. The monoisotopic (exact) mass is 233 g/mol. The Morgan fingerprint density at radius 3 is 2.00 bits per heavy atom. The maximum absolute atomic E-state index is 11.7. The zero-order chi connectivity index (χ0) is 12.0. The van der Waals surface area contributed by atoms with Crippen LogP contribution in [0.2, 0.25) is 0 Å². The lowest BCUT2D eigenvalue weighted by atomic mass is 10.3. The summed E-state index contributed by atoms with van der Waals surface area (Å²) in [6, 6.07) is -0.918. The molecule has 0 radical (unpaired) electrons. The van der Waals surface area contributed by atoms with E-state index in [2.05, 4.69) is 10.0 Å². The largest absolute Gasteiger partial charge is 0.335 e. The molecule has 6 heteroatoms. The molecular formula is C9H19N3O2S. The van der Waals surface area contributed by atoms with Gasteiger partial charge in [-0.05, 0) is 27.7 Å². The van der Waals surface area contributed by atoms with Crippen molar-refractivity contribution in [2.75, 3.05) is 6.26 Å². The van der Waals surface area contributed by atoms with E-state index in [4.69, 9.17) is 0 Å². The maximum atomic E-state index is 11.7. The lowest BCUT2D eigenvalue weighted by molar-refractivity contribution is 0.177. The molecule has 0 saturated heterocycles. The molecule has 0 aromatic heterocycles. The first-order valence-corrected chi connectivity index (χ1v) is 6.05. The Morgan fingerprint density at radius 1 is 1.13 bits per heavy atom. The van der Waals surface area contributed by atoms with Gasteiger partial charge < -0.3 is 5.32 Å². The zero-order valence-corrected chi connectivity index (χ0v) is 10.6. The number of amides is 4. The van der Waals surface area contributed by atoms with Gasteiger partial charge in [0.2, 0.25) is 0 Å². The molecule has 0 unspecified atom stereocenters. The van der Waals surface area contributed by atoms with E-state index in [0.717, 1.165) is 4.90 Å². The molecule has 0 spiro atoms. The number of nitrogens with zero attached hydrogens (tertiary/aromatic N) is 1. The molecule has 0 fully saturated rings. The third-order valence-corrected chi connectivity index (χ3v) is 1.93. The number of carbonyl (C=O) groups excluding carboxylic acids is 2. The lowest BCUT2D eigenvalue weighted by Gasteiger charge is -2.25. The molecular weight excluding hydrogens is 214 g/mol. The van der Waals surface area contributed by atoms with Crippen LogP contribution in [0.4, 0.5) is 9.59 Å². The van der Waals surface area contributed by atoms with Crippen LogP contribution in [0.5, 0.6) is 0 Å². The van der Waals surface area contributed by atoms with Crippen LogP contribution < -0.4 is 10.0 Å². The van der Waals surface area contributed by atoms with Gasteiger partial charge in [-0.25, -0.2) is 14.5 Å². The van der Waals surface area contributed by atoms with E-state index in [1.165, 1.54) is 11.9 Å². The molecule has 0 rings (SSSR count). The van der Waals surface area contributed by atoms with E-state index in [-0.39, 0.29) is 18.1 Å². The van der Waals surface area contributed by atoms with Gasteiger partial charge in [0.25, 0.3) is 0 Å². The first-order chi connectivity index (χ1) is 6.90. The van der Waals surface area contributed by atoms with Crippen molar-refractivity contribution in [2.45, 2.75) is 39.8 Å². The van der Waals surface area contributed by atoms with Gasteiger partial charge in [-0.15, -0.1) is 0 Å². The van der Waals surface area contributed by atoms with Crippen molar-refractivity contribution in [2.24, 2.45) is 0 Å². The SMILES string of the molecule is CSNC(=O)N(C(=O)NC(C)C)C(C)C. The van der Waals surface area contributed by atoms with Crippen molar-refractivity contribution < 1.29 is 9.59 Å². The second-order valence-electron chi connectivity index (χ2n) is 3.68. The predicted octanol–water partition coefficient (Wildman–Crippen LogP) is 1.80. The Kier molecular flexibility index (Phi) is 6.15. The summed E-state index contributed by atoms with van der Waals surface area (Å²) in [5.74, 6) is 0. The van der Waals surface area contributed by atoms with Gasteiger partial charge in [0, 0.05) is 18.3 Å². The standard InChI is InChI=1S/C9H19N3O2S/c1-6(2)10-8(13)12(7(3)4)9(14)11-15-5/h6-7H,1-5H3,(H,10,13)(H,11,14). The number of carbonyl (C=O) groups is 2. The minimum Gasteiger partial charge on any atom is -0.335 e. The van der Waals surface area contributed by atoms with Gasteiger partial charge >= 0.3 is 12.1 Å². The van der Waals surface area contributed by atoms with E-state index >= 15 is 0 Å². The van der Waals surface area contributed by atoms with Crippen LogP contribution in [-0.2, 0) is 0 Å². The number of imide groups is 1. The van der Waals surface area contributed by atoms with Crippen LogP contribution in [0.3, 0.4) is 0 Å². The molecule has 0 aromatic carbocycles. The van der Waals surface area contributed by atoms with Crippen LogP contribution in [-0.4, -0.2) is 35.3 Å². The molecule has 0 atom stereocenters. The van der Waals surface area contributed by atoms with Crippen molar-refractivity contribution in [1.82, 2.24) is 14.9 Å². The Labute approximate surface area is 95.1 Å². The van der Waals surface area contributed by atoms with Crippen LogP contribution in [0.15, 0.2) is 0 Å². The summed E-state index contributed by atoms with van der Waals surface area (Å²) in [7, 11) is 0. The Balaban J connectivity index is 4.52. The third kappa shape index (κ3) is 4.92. The van der Waals surface area contributed by atoms with Crippen molar-refractivity contribution >= 4 is 24.0 Å². The molecule has 15 heavy (non-hydrogen) atoms. The van der Waals surface area contributed by atoms with E-state index in [0.29, 0.717) is 0 Å². The lowest BCUT2D eigenvalue weighted by Crippen LogP contribution is -2.51. The normalized spacial score (nSPS) is 10.3. The predicted molar refractivity (Wildman–Crippen MR) is 62.7 cm³/mol. The molecule has 0 saturated carbocycles. The highest BCUT2D eigenvalue weighted by molar-refractivity contribution is 7.97. The second-order valence-corrected chi connectivity index (χ2v) is 4.29. The fourth-order valence-corrected chi connectivity index (χ4v) is 1.29. The molecule has 4 amide bonds. The van der Waals surface area contributed by atoms with Crippen molar-refractivity contribution in [3.05, 3.63) is 0 Å². The van der Waals surface area contributed by atoms with Crippen molar-refractivity contribution in [3.8, 4) is 0 Å². The van der Waals surface area contributed by atoms with E-state index in [1.807, 2.05) is 13.8 Å². The summed E-state index contributed by atoms with van der Waals surface area (Å²) < 4.78 is 2.52. The summed E-state index contributed by atoms with van der Waals surface area (Å²) >= 11 is 1.17. The van der Waals surface area contributed by atoms with Crippen LogP contribution in [0.25, 0.3) is 0 Å². The first kappa shape index (κ1) is 14.1. The van der Waals surface area contributed by atoms with Crippen LogP contribution in [0.1, 0.15) is 27.7 Å². The summed E-state index contributed by atoms with van der Waals surface area (Å²) in [6.07, 6.45) is 1.73. The highest BCUT2D eigenvalue weighted by Crippen LogP contribution is 2.02. The molecule has 2 N–H and O–H groups in total. The molecule has 5 nitrogen and oxygen atoms in total. The Hall–Kier alpha value is -0.910. The van der Waals surface area contributed by atoms with Crippen LogP contribution >= 0.6 is 11.9 Å². The highest BCUT2D eigenvalue weighted by atomic mass is 32.2. The number of urea groups is 2. The van der Waals surface area contributed by atoms with Gasteiger partial charge in [-0.1, -0.05) is 11.9 Å². The van der Waals surface area contributed by atoms with E-state index in [9.17, 15) is 9.59 Å². The number of hydrogen-bond acceptors (Lipinski definition) is 3. The molecule has 0 aliphatic carbocycles. The number of nitrogens with one attached hydrogen (secondary N) is 2. The molecule has 0 aliphatic rings. The number of hydrogen-bond donors (Lipinski definition) is 2.